The van der Waals surface area contributed by atoms with E-state index in [1.165, 1.54) is 0 Å². The van der Waals surface area contributed by atoms with Crippen molar-refractivity contribution in [3.05, 3.63) is 34.9 Å². The molecule has 1 unspecified atom stereocenters. The van der Waals surface area contributed by atoms with Gasteiger partial charge in [-0.3, -0.25) is 4.79 Å². The van der Waals surface area contributed by atoms with Crippen molar-refractivity contribution in [2.24, 2.45) is 5.92 Å². The molecule has 0 aromatic carbocycles. The predicted molar refractivity (Wildman–Crippen MR) is 70.6 cm³/mol. The first-order valence-electron chi connectivity index (χ1n) is 6.09. The van der Waals surface area contributed by atoms with E-state index < -0.39 is 0 Å². The van der Waals surface area contributed by atoms with E-state index in [4.69, 9.17) is 11.6 Å². The zero-order valence-electron chi connectivity index (χ0n) is 10.3. The van der Waals surface area contributed by atoms with Crippen molar-refractivity contribution in [1.82, 2.24) is 15.3 Å². The van der Waals surface area contributed by atoms with Crippen LogP contribution in [-0.4, -0.2) is 22.4 Å². The Morgan fingerprint density at radius 3 is 3.00 bits per heavy atom. The van der Waals surface area contributed by atoms with E-state index in [9.17, 15) is 4.79 Å². The Bertz CT molecular complexity index is 453. The number of carbonyl (C=O) groups is 1. The summed E-state index contributed by atoms with van der Waals surface area (Å²) < 4.78 is 0. The average Bonchev–Trinajstić information content (AvgIpc) is 2.36. The lowest BCUT2D eigenvalue weighted by Crippen LogP contribution is -2.30. The number of nitrogens with zero attached hydrogens (tertiary/aromatic N) is 2. The Balaban J connectivity index is 1.92. The second-order valence-corrected chi connectivity index (χ2v) is 4.86. The highest BCUT2D eigenvalue weighted by molar-refractivity contribution is 6.28. The van der Waals surface area contributed by atoms with Crippen molar-refractivity contribution in [3.8, 4) is 0 Å². The van der Waals surface area contributed by atoms with Gasteiger partial charge in [-0.15, -0.1) is 0 Å². The molecule has 1 aromatic heterocycles. The molecule has 18 heavy (non-hydrogen) atoms. The van der Waals surface area contributed by atoms with E-state index in [1.54, 1.807) is 13.0 Å². The van der Waals surface area contributed by atoms with E-state index >= 15 is 0 Å². The van der Waals surface area contributed by atoms with Crippen molar-refractivity contribution in [2.45, 2.75) is 26.2 Å². The smallest absolute Gasteiger partial charge is 0.270 e. The molecule has 96 valence electrons. The zero-order chi connectivity index (χ0) is 13.0. The van der Waals surface area contributed by atoms with Gasteiger partial charge in [-0.05, 0) is 49.8 Å². The fraction of sp³-hybridized carbons (Fsp3) is 0.462. The number of aryl methyl sites for hydroxylation is 1. The Kier molecular flexibility index (Phi) is 4.31. The summed E-state index contributed by atoms with van der Waals surface area (Å²) in [6.07, 6.45) is 7.61. The molecule has 0 fully saturated rings. The fourth-order valence-corrected chi connectivity index (χ4v) is 2.24. The molecule has 2 rings (SSSR count). The van der Waals surface area contributed by atoms with Crippen molar-refractivity contribution in [1.29, 1.82) is 0 Å². The van der Waals surface area contributed by atoms with Gasteiger partial charge in [0.2, 0.25) is 5.28 Å². The van der Waals surface area contributed by atoms with Gasteiger partial charge in [0.1, 0.15) is 5.69 Å². The van der Waals surface area contributed by atoms with Gasteiger partial charge in [0.05, 0.1) is 0 Å². The van der Waals surface area contributed by atoms with E-state index in [0.29, 0.717) is 23.9 Å². The van der Waals surface area contributed by atoms with Crippen LogP contribution in [0.3, 0.4) is 0 Å². The summed E-state index contributed by atoms with van der Waals surface area (Å²) in [5.41, 5.74) is 1.03. The van der Waals surface area contributed by atoms with Crippen LogP contribution in [0.5, 0.6) is 0 Å². The van der Waals surface area contributed by atoms with Crippen molar-refractivity contribution < 1.29 is 4.79 Å². The molecule has 0 saturated carbocycles. The number of allylic oxidation sites excluding steroid dienone is 2. The first-order chi connectivity index (χ1) is 8.65. The third-order valence-corrected chi connectivity index (χ3v) is 3.16. The third kappa shape index (κ3) is 3.53. The quantitative estimate of drug-likeness (QED) is 0.675. The molecule has 1 N–H and O–H groups in total. The maximum Gasteiger partial charge on any atom is 0.270 e. The molecule has 0 radical (unpaired) electrons. The Morgan fingerprint density at radius 1 is 1.50 bits per heavy atom. The maximum atomic E-state index is 11.9. The standard InChI is InChI=1S/C13H16ClN3O/c1-9-7-11(17-13(14)16-9)12(18)15-8-10-5-3-2-4-6-10/h2-3,7,10H,4-6,8H2,1H3,(H,15,18). The summed E-state index contributed by atoms with van der Waals surface area (Å²) in [5, 5.41) is 3.01. The van der Waals surface area contributed by atoms with Gasteiger partial charge in [-0.25, -0.2) is 9.97 Å². The number of amides is 1. The number of hydrogen-bond acceptors (Lipinski definition) is 3. The van der Waals surface area contributed by atoms with Crippen molar-refractivity contribution in [3.63, 3.8) is 0 Å². The summed E-state index contributed by atoms with van der Waals surface area (Å²) in [6.45, 7) is 2.47. The monoisotopic (exact) mass is 265 g/mol. The highest BCUT2D eigenvalue weighted by Gasteiger charge is 2.14. The highest BCUT2D eigenvalue weighted by Crippen LogP contribution is 2.17. The largest absolute Gasteiger partial charge is 0.350 e. The van der Waals surface area contributed by atoms with Gasteiger partial charge >= 0.3 is 0 Å². The topological polar surface area (TPSA) is 54.9 Å². The van der Waals surface area contributed by atoms with Crippen LogP contribution in [0.15, 0.2) is 18.2 Å². The predicted octanol–water partition coefficient (Wildman–Crippen LogP) is 2.52. The van der Waals surface area contributed by atoms with Crippen molar-refractivity contribution >= 4 is 17.5 Å². The van der Waals surface area contributed by atoms with Crippen LogP contribution in [0.2, 0.25) is 5.28 Å². The molecule has 4 nitrogen and oxygen atoms in total. The lowest BCUT2D eigenvalue weighted by molar-refractivity contribution is 0.0941. The Morgan fingerprint density at radius 2 is 2.33 bits per heavy atom. The molecule has 1 amide bonds. The second kappa shape index (κ2) is 5.96. The molecule has 0 bridgehead atoms. The molecular formula is C13H16ClN3O. The minimum absolute atomic E-state index is 0.112. The van der Waals surface area contributed by atoms with Crippen LogP contribution >= 0.6 is 11.6 Å². The number of hydrogen-bond donors (Lipinski definition) is 1. The molecule has 1 aliphatic rings. The summed E-state index contributed by atoms with van der Waals surface area (Å²) in [5.74, 6) is 0.342. The molecular weight excluding hydrogens is 250 g/mol. The molecule has 1 atom stereocenters. The first kappa shape index (κ1) is 13.0. The van der Waals surface area contributed by atoms with Gasteiger partial charge in [0, 0.05) is 12.2 Å². The Hall–Kier alpha value is -1.42. The summed E-state index contributed by atoms with van der Waals surface area (Å²) in [7, 11) is 0. The highest BCUT2D eigenvalue weighted by atomic mass is 35.5. The summed E-state index contributed by atoms with van der Waals surface area (Å²) in [4.78, 5) is 19.8. The first-order valence-corrected chi connectivity index (χ1v) is 6.47. The summed E-state index contributed by atoms with van der Waals surface area (Å²) in [6, 6.07) is 1.64. The fourth-order valence-electron chi connectivity index (χ4n) is 2.02. The van der Waals surface area contributed by atoms with E-state index in [0.717, 1.165) is 19.3 Å². The van der Waals surface area contributed by atoms with Gasteiger partial charge in [0.25, 0.3) is 5.91 Å². The minimum Gasteiger partial charge on any atom is -0.350 e. The third-order valence-electron chi connectivity index (χ3n) is 2.99. The zero-order valence-corrected chi connectivity index (χ0v) is 11.1. The van der Waals surface area contributed by atoms with E-state index in [1.807, 2.05) is 0 Å². The van der Waals surface area contributed by atoms with Gasteiger partial charge in [0.15, 0.2) is 0 Å². The summed E-state index contributed by atoms with van der Waals surface area (Å²) >= 11 is 5.73. The number of aromatic nitrogens is 2. The molecule has 5 heteroatoms. The van der Waals surface area contributed by atoms with Crippen LogP contribution in [0.4, 0.5) is 0 Å². The van der Waals surface area contributed by atoms with Crippen LogP contribution in [0.1, 0.15) is 35.4 Å². The lowest BCUT2D eigenvalue weighted by Gasteiger charge is -2.17. The number of carbonyl (C=O) groups excluding carboxylic acids is 1. The number of rotatable bonds is 3. The molecule has 0 saturated heterocycles. The SMILES string of the molecule is Cc1cc(C(=O)NCC2CC=CCC2)nc(Cl)n1. The lowest BCUT2D eigenvalue weighted by atomic mass is 9.94. The maximum absolute atomic E-state index is 11.9. The van der Waals surface area contributed by atoms with Crippen LogP contribution in [0.25, 0.3) is 0 Å². The Labute approximate surface area is 111 Å². The van der Waals surface area contributed by atoms with Gasteiger partial charge < -0.3 is 5.32 Å². The number of nitrogens with one attached hydrogen (secondary N) is 1. The van der Waals surface area contributed by atoms with Crippen LogP contribution in [-0.2, 0) is 0 Å². The molecule has 0 spiro atoms. The van der Waals surface area contributed by atoms with E-state index in [-0.39, 0.29) is 11.2 Å². The van der Waals surface area contributed by atoms with Crippen LogP contribution in [0, 0.1) is 12.8 Å². The van der Waals surface area contributed by atoms with Gasteiger partial charge in [-0.2, -0.15) is 0 Å². The van der Waals surface area contributed by atoms with Gasteiger partial charge in [-0.1, -0.05) is 12.2 Å². The molecule has 0 aliphatic heterocycles. The molecule has 1 aromatic rings. The van der Waals surface area contributed by atoms with Crippen LogP contribution < -0.4 is 5.32 Å². The molecule has 1 heterocycles. The number of halogens is 1. The van der Waals surface area contributed by atoms with Crippen molar-refractivity contribution in [2.75, 3.05) is 6.54 Å². The minimum atomic E-state index is -0.183. The average molecular weight is 266 g/mol. The van der Waals surface area contributed by atoms with E-state index in [2.05, 4.69) is 27.4 Å². The normalized spacial score (nSPS) is 18.7. The second-order valence-electron chi connectivity index (χ2n) is 4.52. The molecule has 1 aliphatic carbocycles.